The number of thiazole rings is 1. The largest absolute Gasteiger partial charge is 0.457 e. The molecule has 0 unspecified atom stereocenters. The van der Waals surface area contributed by atoms with Gasteiger partial charge in [0.2, 0.25) is 0 Å². The highest BCUT2D eigenvalue weighted by atomic mass is 32.1. The van der Waals surface area contributed by atoms with Crippen molar-refractivity contribution < 1.29 is 23.9 Å². The van der Waals surface area contributed by atoms with Gasteiger partial charge in [0.05, 0.1) is 10.2 Å². The zero-order valence-corrected chi connectivity index (χ0v) is 31.7. The number of anilines is 2. The van der Waals surface area contributed by atoms with Gasteiger partial charge in [0.15, 0.2) is 10.8 Å². The molecule has 4 aromatic carbocycles. The highest BCUT2D eigenvalue weighted by Gasteiger charge is 2.28. The van der Waals surface area contributed by atoms with Crippen LogP contribution in [0.3, 0.4) is 0 Å². The van der Waals surface area contributed by atoms with Crippen molar-refractivity contribution >= 4 is 50.7 Å². The van der Waals surface area contributed by atoms with E-state index in [2.05, 4.69) is 21.3 Å². The minimum atomic E-state index is -0.735. The minimum absolute atomic E-state index is 0.204. The first-order chi connectivity index (χ1) is 26.1. The molecule has 0 saturated carbocycles. The number of fused-ring (bicyclic) bond motifs is 2. The monoisotopic (exact) mass is 738 g/mol. The van der Waals surface area contributed by atoms with Crippen LogP contribution in [0.15, 0.2) is 97.1 Å². The van der Waals surface area contributed by atoms with Crippen LogP contribution in [-0.2, 0) is 28.9 Å². The van der Waals surface area contributed by atoms with Gasteiger partial charge in [-0.15, -0.1) is 0 Å². The summed E-state index contributed by atoms with van der Waals surface area (Å²) in [5, 5.41) is 3.56. The summed E-state index contributed by atoms with van der Waals surface area (Å²) < 4.78 is 13.2. The number of benzene rings is 4. The summed E-state index contributed by atoms with van der Waals surface area (Å²) in [5.41, 5.74) is 6.35. The molecule has 1 aliphatic heterocycles. The van der Waals surface area contributed by atoms with Crippen molar-refractivity contribution in [2.45, 2.75) is 65.5 Å². The Morgan fingerprint density at radius 3 is 2.48 bits per heavy atom. The second-order valence-electron chi connectivity index (χ2n) is 14.4. The zero-order valence-electron chi connectivity index (χ0n) is 30.8. The molecule has 0 spiro atoms. The molecule has 1 amide bonds. The SMILES string of the molecule is Cc1c(Oc2ccc(CCCC=O)cc2)cccc1-c1ccc(N2CCc3cccc(C(=O)Nc4nc5ccccc5s4)c3C2)nc1C(=O)OC(C)(C)C. The maximum atomic E-state index is 13.9. The van der Waals surface area contributed by atoms with Crippen LogP contribution >= 0.6 is 11.3 Å². The Kier molecular flexibility index (Phi) is 10.6. The molecule has 2 aromatic heterocycles. The van der Waals surface area contributed by atoms with E-state index in [4.69, 9.17) is 14.5 Å². The smallest absolute Gasteiger partial charge is 0.358 e. The van der Waals surface area contributed by atoms with Gasteiger partial charge in [-0.25, -0.2) is 14.8 Å². The van der Waals surface area contributed by atoms with Crippen LogP contribution in [-0.4, -0.2) is 40.3 Å². The lowest BCUT2D eigenvalue weighted by molar-refractivity contribution is -0.107. The lowest BCUT2D eigenvalue weighted by Gasteiger charge is -2.31. The number of ether oxygens (including phenoxy) is 2. The van der Waals surface area contributed by atoms with Crippen LogP contribution in [0.2, 0.25) is 0 Å². The van der Waals surface area contributed by atoms with Gasteiger partial charge in [-0.3, -0.25) is 10.1 Å². The summed E-state index contributed by atoms with van der Waals surface area (Å²) in [7, 11) is 0. The third kappa shape index (κ3) is 8.19. The number of hydrogen-bond donors (Lipinski definition) is 1. The van der Waals surface area contributed by atoms with Crippen molar-refractivity contribution in [2.75, 3.05) is 16.8 Å². The maximum Gasteiger partial charge on any atom is 0.358 e. The number of esters is 1. The van der Waals surface area contributed by atoms with Gasteiger partial charge in [0.25, 0.3) is 5.91 Å². The van der Waals surface area contributed by atoms with Gasteiger partial charge in [0.1, 0.15) is 29.2 Å². The first-order valence-electron chi connectivity index (χ1n) is 18.1. The average molecular weight is 739 g/mol. The van der Waals surface area contributed by atoms with E-state index in [1.807, 2.05) is 119 Å². The summed E-state index contributed by atoms with van der Waals surface area (Å²) in [4.78, 5) is 49.9. The van der Waals surface area contributed by atoms with E-state index in [-0.39, 0.29) is 11.6 Å². The number of hydrogen-bond acceptors (Lipinski definition) is 9. The molecule has 1 N–H and O–H groups in total. The van der Waals surface area contributed by atoms with Crippen molar-refractivity contribution in [1.29, 1.82) is 0 Å². The van der Waals surface area contributed by atoms with E-state index in [9.17, 15) is 14.4 Å². The van der Waals surface area contributed by atoms with E-state index in [0.29, 0.717) is 59.5 Å². The maximum absolute atomic E-state index is 13.9. The minimum Gasteiger partial charge on any atom is -0.457 e. The van der Waals surface area contributed by atoms with E-state index >= 15 is 0 Å². The van der Waals surface area contributed by atoms with Gasteiger partial charge in [-0.1, -0.05) is 59.9 Å². The summed E-state index contributed by atoms with van der Waals surface area (Å²) in [6.45, 7) is 8.58. The van der Waals surface area contributed by atoms with Crippen molar-refractivity contribution in [2.24, 2.45) is 0 Å². The molecule has 6 aromatic rings. The summed E-state index contributed by atoms with van der Waals surface area (Å²) in [6.07, 6.45) is 3.84. The molecule has 274 valence electrons. The van der Waals surface area contributed by atoms with E-state index in [1.165, 1.54) is 11.3 Å². The van der Waals surface area contributed by atoms with Crippen LogP contribution in [0.5, 0.6) is 11.5 Å². The molecule has 0 atom stereocenters. The molecular weight excluding hydrogens is 697 g/mol. The Hall–Kier alpha value is -5.87. The van der Waals surface area contributed by atoms with Crippen LogP contribution in [0.4, 0.5) is 10.9 Å². The van der Waals surface area contributed by atoms with Gasteiger partial charge in [0, 0.05) is 30.6 Å². The first kappa shape index (κ1) is 36.5. The fraction of sp³-hybridized carbons (Fsp3) is 0.250. The molecule has 0 saturated heterocycles. The Morgan fingerprint density at radius 1 is 0.907 bits per heavy atom. The van der Waals surface area contributed by atoms with Gasteiger partial charge < -0.3 is 19.2 Å². The molecule has 1 aliphatic rings. The number of carbonyl (C=O) groups excluding carboxylic acids is 3. The van der Waals surface area contributed by atoms with Gasteiger partial charge >= 0.3 is 5.97 Å². The molecule has 0 fully saturated rings. The average Bonchev–Trinajstić information content (AvgIpc) is 3.57. The Morgan fingerprint density at radius 2 is 1.70 bits per heavy atom. The topological polar surface area (TPSA) is 111 Å². The molecular formula is C44H42N4O5S. The fourth-order valence-corrected chi connectivity index (χ4v) is 7.52. The number of rotatable bonds is 11. The second kappa shape index (κ2) is 15.6. The summed E-state index contributed by atoms with van der Waals surface area (Å²) >= 11 is 1.44. The normalized spacial score (nSPS) is 12.6. The van der Waals surface area contributed by atoms with Crippen molar-refractivity contribution in [1.82, 2.24) is 9.97 Å². The molecule has 0 bridgehead atoms. The molecule has 3 heterocycles. The number of amides is 1. The number of aldehydes is 1. The van der Waals surface area contributed by atoms with Crippen molar-refractivity contribution in [3.05, 3.63) is 131 Å². The van der Waals surface area contributed by atoms with E-state index < -0.39 is 11.6 Å². The standard InChI is InChI=1S/C44H42N4O5S/c1-28-32(13-10-16-37(28)52-31-20-18-29(19-21-31)11-7-8-26-49)33-22-23-39(46-40(33)42(51)53-44(2,3)4)48-25-24-30-12-9-14-34(35(30)27-48)41(50)47-43-45-36-15-5-6-17-38(36)54-43/h5-6,9-10,12-23,26H,7-8,11,24-25,27H2,1-4H3,(H,45,47,50). The number of nitrogens with zero attached hydrogens (tertiary/aromatic N) is 3. The van der Waals surface area contributed by atoms with Crippen molar-refractivity contribution in [3.63, 3.8) is 0 Å². The number of carbonyl (C=O) groups is 3. The molecule has 54 heavy (non-hydrogen) atoms. The molecule has 10 heteroatoms. The molecule has 0 aliphatic carbocycles. The highest BCUT2D eigenvalue weighted by Crippen LogP contribution is 2.37. The van der Waals surface area contributed by atoms with Crippen LogP contribution < -0.4 is 15.0 Å². The number of para-hydroxylation sites is 1. The summed E-state index contributed by atoms with van der Waals surface area (Å²) in [5.74, 6) is 1.22. The molecule has 9 nitrogen and oxygen atoms in total. The van der Waals surface area contributed by atoms with Crippen LogP contribution in [0.25, 0.3) is 21.3 Å². The Balaban J connectivity index is 1.17. The lowest BCUT2D eigenvalue weighted by Crippen LogP contribution is -2.33. The zero-order chi connectivity index (χ0) is 37.8. The first-order valence-corrected chi connectivity index (χ1v) is 19.0. The predicted molar refractivity (Wildman–Crippen MR) is 214 cm³/mol. The third-order valence-electron chi connectivity index (χ3n) is 9.34. The quantitative estimate of drug-likeness (QED) is 0.0795. The number of nitrogens with one attached hydrogen (secondary N) is 1. The second-order valence-corrected chi connectivity index (χ2v) is 15.4. The van der Waals surface area contributed by atoms with E-state index in [1.54, 1.807) is 0 Å². The van der Waals surface area contributed by atoms with Crippen molar-refractivity contribution in [3.8, 4) is 22.6 Å². The Labute approximate surface area is 319 Å². The number of aromatic nitrogens is 2. The number of aryl methyl sites for hydroxylation is 1. The van der Waals surface area contributed by atoms with Crippen LogP contribution in [0.1, 0.15) is 76.7 Å². The van der Waals surface area contributed by atoms with Crippen LogP contribution in [0, 0.1) is 6.92 Å². The molecule has 0 radical (unpaired) electrons. The fourth-order valence-electron chi connectivity index (χ4n) is 6.66. The van der Waals surface area contributed by atoms with E-state index in [0.717, 1.165) is 57.2 Å². The molecule has 7 rings (SSSR count). The predicted octanol–water partition coefficient (Wildman–Crippen LogP) is 9.75. The lowest BCUT2D eigenvalue weighted by atomic mass is 9.94. The Bertz CT molecular complexity index is 2310. The third-order valence-corrected chi connectivity index (χ3v) is 10.3. The summed E-state index contributed by atoms with van der Waals surface area (Å²) in [6, 6.07) is 31.1. The number of pyridine rings is 1. The highest BCUT2D eigenvalue weighted by molar-refractivity contribution is 7.22. The van der Waals surface area contributed by atoms with Gasteiger partial charge in [-0.2, -0.15) is 0 Å². The number of unbranched alkanes of at least 4 members (excludes halogenated alkanes) is 1. The van der Waals surface area contributed by atoms with Gasteiger partial charge in [-0.05, 0) is 123 Å².